The van der Waals surface area contributed by atoms with Gasteiger partial charge in [-0.15, -0.1) is 0 Å². The van der Waals surface area contributed by atoms with Gasteiger partial charge in [-0.1, -0.05) is 40.9 Å². The number of rotatable bonds is 5. The lowest BCUT2D eigenvalue weighted by Crippen LogP contribution is -2.42. The highest BCUT2D eigenvalue weighted by Crippen LogP contribution is 2.26. The van der Waals surface area contributed by atoms with Crippen LogP contribution in [0.4, 0.5) is 0 Å². The van der Waals surface area contributed by atoms with Crippen LogP contribution in [-0.2, 0) is 15.6 Å². The minimum atomic E-state index is -3.33. The maximum absolute atomic E-state index is 12.1. The molecule has 2 N–H and O–H groups in total. The molecule has 0 saturated heterocycles. The SMILES string of the molecule is CC(O)(CNS(=O)(=O)C1CCCC1)c1ccc(Br)cc1. The van der Waals surface area contributed by atoms with Crippen LogP contribution >= 0.6 is 15.9 Å². The maximum Gasteiger partial charge on any atom is 0.214 e. The van der Waals surface area contributed by atoms with Gasteiger partial charge in [-0.05, 0) is 37.5 Å². The minimum Gasteiger partial charge on any atom is -0.384 e. The first-order valence-corrected chi connectivity index (χ1v) is 9.12. The molecule has 0 bridgehead atoms. The predicted molar refractivity (Wildman–Crippen MR) is 82.9 cm³/mol. The first kappa shape index (κ1) is 15.9. The van der Waals surface area contributed by atoms with Crippen molar-refractivity contribution >= 4 is 26.0 Å². The molecule has 112 valence electrons. The van der Waals surface area contributed by atoms with E-state index in [2.05, 4.69) is 20.7 Å². The summed E-state index contributed by atoms with van der Waals surface area (Å²) < 4.78 is 27.8. The van der Waals surface area contributed by atoms with Gasteiger partial charge < -0.3 is 5.11 Å². The van der Waals surface area contributed by atoms with E-state index in [-0.39, 0.29) is 11.8 Å². The number of aliphatic hydroxyl groups is 1. The van der Waals surface area contributed by atoms with Crippen LogP contribution in [-0.4, -0.2) is 25.3 Å². The summed E-state index contributed by atoms with van der Waals surface area (Å²) in [5, 5.41) is 10.1. The van der Waals surface area contributed by atoms with E-state index in [1.54, 1.807) is 19.1 Å². The van der Waals surface area contributed by atoms with Crippen molar-refractivity contribution in [1.29, 1.82) is 0 Å². The molecule has 0 aromatic heterocycles. The summed E-state index contributed by atoms with van der Waals surface area (Å²) in [6.45, 7) is 1.61. The average molecular weight is 362 g/mol. The summed E-state index contributed by atoms with van der Waals surface area (Å²) >= 11 is 3.33. The van der Waals surface area contributed by atoms with Gasteiger partial charge >= 0.3 is 0 Å². The van der Waals surface area contributed by atoms with E-state index in [1.807, 2.05) is 12.1 Å². The van der Waals surface area contributed by atoms with Gasteiger partial charge in [0.1, 0.15) is 5.60 Å². The quantitative estimate of drug-likeness (QED) is 0.846. The fourth-order valence-electron chi connectivity index (χ4n) is 2.47. The standard InChI is InChI=1S/C14H20BrNO3S/c1-14(17,11-6-8-12(15)9-7-11)10-16-20(18,19)13-4-2-3-5-13/h6-9,13,16-17H,2-5,10H2,1H3. The molecule has 1 fully saturated rings. The number of sulfonamides is 1. The van der Waals surface area contributed by atoms with Crippen molar-refractivity contribution in [2.75, 3.05) is 6.54 Å². The highest BCUT2D eigenvalue weighted by Gasteiger charge is 2.31. The summed E-state index contributed by atoms with van der Waals surface area (Å²) in [7, 11) is -3.33. The minimum absolute atomic E-state index is 0.00648. The molecule has 1 aliphatic rings. The lowest BCUT2D eigenvalue weighted by atomic mass is 9.97. The zero-order valence-electron chi connectivity index (χ0n) is 11.5. The van der Waals surface area contributed by atoms with Crippen LogP contribution in [0.25, 0.3) is 0 Å². The second kappa shape index (κ2) is 6.13. The summed E-state index contributed by atoms with van der Waals surface area (Å²) in [5.41, 5.74) is -0.526. The third kappa shape index (κ3) is 3.81. The van der Waals surface area contributed by atoms with Crippen LogP contribution in [0.3, 0.4) is 0 Å². The van der Waals surface area contributed by atoms with E-state index >= 15 is 0 Å². The molecule has 0 aliphatic heterocycles. The normalized spacial score (nSPS) is 19.9. The largest absolute Gasteiger partial charge is 0.384 e. The van der Waals surface area contributed by atoms with E-state index in [4.69, 9.17) is 0 Å². The average Bonchev–Trinajstić information content (AvgIpc) is 2.92. The van der Waals surface area contributed by atoms with E-state index in [9.17, 15) is 13.5 Å². The zero-order valence-corrected chi connectivity index (χ0v) is 13.9. The Balaban J connectivity index is 2.03. The molecule has 6 heteroatoms. The molecule has 2 rings (SSSR count). The van der Waals surface area contributed by atoms with Crippen LogP contribution < -0.4 is 4.72 Å². The molecule has 1 saturated carbocycles. The Morgan fingerprint density at radius 1 is 1.30 bits per heavy atom. The first-order valence-electron chi connectivity index (χ1n) is 6.78. The third-order valence-electron chi connectivity index (χ3n) is 3.82. The molecule has 0 heterocycles. The summed E-state index contributed by atoms with van der Waals surface area (Å²) in [6.07, 6.45) is 3.37. The van der Waals surface area contributed by atoms with E-state index in [0.29, 0.717) is 5.56 Å². The van der Waals surface area contributed by atoms with E-state index < -0.39 is 15.6 Å². The number of benzene rings is 1. The second-order valence-corrected chi connectivity index (χ2v) is 8.51. The zero-order chi connectivity index (χ0) is 14.8. The number of halogens is 1. The van der Waals surface area contributed by atoms with E-state index in [1.165, 1.54) is 0 Å². The van der Waals surface area contributed by atoms with Gasteiger partial charge in [-0.3, -0.25) is 0 Å². The van der Waals surface area contributed by atoms with Crippen LogP contribution in [0.1, 0.15) is 38.2 Å². The Labute approximate surface area is 128 Å². The summed E-state index contributed by atoms with van der Waals surface area (Å²) in [6, 6.07) is 7.23. The Hall–Kier alpha value is -0.430. The van der Waals surface area contributed by atoms with Crippen molar-refractivity contribution in [3.05, 3.63) is 34.3 Å². The lowest BCUT2D eigenvalue weighted by Gasteiger charge is -2.25. The lowest BCUT2D eigenvalue weighted by molar-refractivity contribution is 0.0627. The molecule has 0 radical (unpaired) electrons. The molecule has 1 aromatic carbocycles. The fourth-order valence-corrected chi connectivity index (χ4v) is 4.40. The van der Waals surface area contributed by atoms with Crippen molar-refractivity contribution in [3.8, 4) is 0 Å². The monoisotopic (exact) mass is 361 g/mol. The van der Waals surface area contributed by atoms with Crippen molar-refractivity contribution < 1.29 is 13.5 Å². The smallest absolute Gasteiger partial charge is 0.214 e. The highest BCUT2D eigenvalue weighted by molar-refractivity contribution is 9.10. The molecule has 1 unspecified atom stereocenters. The van der Waals surface area contributed by atoms with Gasteiger partial charge in [-0.25, -0.2) is 13.1 Å². The second-order valence-electron chi connectivity index (χ2n) is 5.55. The summed E-state index contributed by atoms with van der Waals surface area (Å²) in [5.74, 6) is 0. The predicted octanol–water partition coefficient (Wildman–Crippen LogP) is 2.52. The topological polar surface area (TPSA) is 66.4 Å². The van der Waals surface area contributed by atoms with Crippen molar-refractivity contribution in [1.82, 2.24) is 4.72 Å². The van der Waals surface area contributed by atoms with Crippen LogP contribution in [0.2, 0.25) is 0 Å². The molecule has 1 aromatic rings. The van der Waals surface area contributed by atoms with Gasteiger partial charge in [0, 0.05) is 11.0 Å². The van der Waals surface area contributed by atoms with Crippen LogP contribution in [0.15, 0.2) is 28.7 Å². The van der Waals surface area contributed by atoms with Gasteiger partial charge in [0.25, 0.3) is 0 Å². The molecule has 1 aliphatic carbocycles. The Kier molecular flexibility index (Phi) is 4.89. The van der Waals surface area contributed by atoms with Crippen LogP contribution in [0, 0.1) is 0 Å². The Bertz CT molecular complexity index is 548. The van der Waals surface area contributed by atoms with Crippen LogP contribution in [0.5, 0.6) is 0 Å². The number of hydrogen-bond acceptors (Lipinski definition) is 3. The first-order chi connectivity index (χ1) is 9.31. The van der Waals surface area contributed by atoms with E-state index in [0.717, 1.165) is 30.2 Å². The summed E-state index contributed by atoms with van der Waals surface area (Å²) in [4.78, 5) is 0. The Morgan fingerprint density at radius 3 is 2.40 bits per heavy atom. The third-order valence-corrected chi connectivity index (χ3v) is 6.25. The molecule has 0 amide bonds. The molecule has 20 heavy (non-hydrogen) atoms. The Morgan fingerprint density at radius 2 is 1.85 bits per heavy atom. The number of hydrogen-bond donors (Lipinski definition) is 2. The molecule has 4 nitrogen and oxygen atoms in total. The van der Waals surface area contributed by atoms with Gasteiger partial charge in [0.2, 0.25) is 10.0 Å². The van der Waals surface area contributed by atoms with Crippen molar-refractivity contribution in [2.45, 2.75) is 43.5 Å². The molecular weight excluding hydrogens is 342 g/mol. The highest BCUT2D eigenvalue weighted by atomic mass is 79.9. The maximum atomic E-state index is 12.1. The van der Waals surface area contributed by atoms with Gasteiger partial charge in [0.05, 0.1) is 5.25 Å². The molecule has 1 atom stereocenters. The van der Waals surface area contributed by atoms with Crippen molar-refractivity contribution in [2.24, 2.45) is 0 Å². The fraction of sp³-hybridized carbons (Fsp3) is 0.571. The molecule has 0 spiro atoms. The van der Waals surface area contributed by atoms with Gasteiger partial charge in [-0.2, -0.15) is 0 Å². The van der Waals surface area contributed by atoms with Gasteiger partial charge in [0.15, 0.2) is 0 Å². The van der Waals surface area contributed by atoms with Crippen molar-refractivity contribution in [3.63, 3.8) is 0 Å². The molecular formula is C14H20BrNO3S. The number of nitrogens with one attached hydrogen (secondary N) is 1.